The zero-order valence-corrected chi connectivity index (χ0v) is 15.3. The quantitative estimate of drug-likeness (QED) is 0.445. The van der Waals surface area contributed by atoms with Crippen molar-refractivity contribution in [2.45, 2.75) is 33.1 Å². The Morgan fingerprint density at radius 3 is 2.70 bits per heavy atom. The predicted molar refractivity (Wildman–Crippen MR) is 92.7 cm³/mol. The molecule has 2 atom stereocenters. The van der Waals surface area contributed by atoms with E-state index in [0.717, 1.165) is 44.7 Å². The van der Waals surface area contributed by atoms with Gasteiger partial charge in [-0.3, -0.25) is 4.99 Å². The van der Waals surface area contributed by atoms with Crippen LogP contribution in [-0.2, 0) is 4.74 Å². The van der Waals surface area contributed by atoms with E-state index in [1.807, 2.05) is 7.05 Å². The summed E-state index contributed by atoms with van der Waals surface area (Å²) in [4.78, 5) is 6.88. The van der Waals surface area contributed by atoms with Crippen LogP contribution in [-0.4, -0.2) is 50.8 Å². The van der Waals surface area contributed by atoms with Gasteiger partial charge in [-0.25, -0.2) is 0 Å². The maximum atomic E-state index is 5.59. The highest BCUT2D eigenvalue weighted by molar-refractivity contribution is 14.0. The summed E-state index contributed by atoms with van der Waals surface area (Å²) in [7, 11) is 1.90. The first-order chi connectivity index (χ1) is 9.05. The van der Waals surface area contributed by atoms with E-state index >= 15 is 0 Å². The van der Waals surface area contributed by atoms with E-state index in [0.29, 0.717) is 10.8 Å². The Morgan fingerprint density at radius 2 is 2.15 bits per heavy atom. The Labute approximate surface area is 139 Å². The van der Waals surface area contributed by atoms with Crippen molar-refractivity contribution in [2.75, 3.05) is 39.9 Å². The lowest BCUT2D eigenvalue weighted by atomic mass is 9.87. The molecule has 3 rings (SSSR count). The molecule has 2 aliphatic heterocycles. The number of halogens is 1. The molecule has 0 aromatic heterocycles. The van der Waals surface area contributed by atoms with Gasteiger partial charge in [0.05, 0.1) is 6.61 Å². The molecule has 0 radical (unpaired) electrons. The molecule has 1 saturated carbocycles. The summed E-state index contributed by atoms with van der Waals surface area (Å²) >= 11 is 0. The Kier molecular flexibility index (Phi) is 4.89. The lowest BCUT2D eigenvalue weighted by Gasteiger charge is -2.25. The molecule has 1 N–H and O–H groups in total. The minimum atomic E-state index is 0. The standard InChI is InChI=1S/C15H27N3O.HI/c1-14(2)8-12(14)9-17-13(16-3)18-6-4-15(10-18)5-7-19-11-15;/h12H,4-11H2,1-3H3,(H,16,17);1H. The van der Waals surface area contributed by atoms with E-state index in [-0.39, 0.29) is 24.0 Å². The number of guanidine groups is 1. The number of hydrogen-bond donors (Lipinski definition) is 1. The summed E-state index contributed by atoms with van der Waals surface area (Å²) in [6.07, 6.45) is 3.81. The van der Waals surface area contributed by atoms with Crippen molar-refractivity contribution in [3.63, 3.8) is 0 Å². The molecule has 2 heterocycles. The van der Waals surface area contributed by atoms with Gasteiger partial charge in [0.15, 0.2) is 5.96 Å². The van der Waals surface area contributed by atoms with E-state index in [4.69, 9.17) is 4.74 Å². The zero-order chi connectivity index (χ0) is 13.5. The molecule has 1 spiro atoms. The van der Waals surface area contributed by atoms with Crippen molar-refractivity contribution in [3.05, 3.63) is 0 Å². The van der Waals surface area contributed by atoms with Gasteiger partial charge in [0, 0.05) is 38.7 Å². The number of likely N-dealkylation sites (tertiary alicyclic amines) is 1. The maximum Gasteiger partial charge on any atom is 0.193 e. The van der Waals surface area contributed by atoms with Gasteiger partial charge in [-0.1, -0.05) is 13.8 Å². The third-order valence-electron chi connectivity index (χ3n) is 5.36. The van der Waals surface area contributed by atoms with Crippen LogP contribution in [0.2, 0.25) is 0 Å². The Balaban J connectivity index is 0.00000147. The van der Waals surface area contributed by atoms with Gasteiger partial charge in [0.25, 0.3) is 0 Å². The maximum absolute atomic E-state index is 5.59. The van der Waals surface area contributed by atoms with Crippen LogP contribution in [0, 0.1) is 16.7 Å². The van der Waals surface area contributed by atoms with Crippen molar-refractivity contribution in [2.24, 2.45) is 21.7 Å². The van der Waals surface area contributed by atoms with Crippen LogP contribution in [0.25, 0.3) is 0 Å². The summed E-state index contributed by atoms with van der Waals surface area (Å²) < 4.78 is 5.59. The largest absolute Gasteiger partial charge is 0.381 e. The van der Waals surface area contributed by atoms with Crippen LogP contribution in [0.15, 0.2) is 4.99 Å². The lowest BCUT2D eigenvalue weighted by Crippen LogP contribution is -2.42. The molecule has 0 aromatic rings. The zero-order valence-electron chi connectivity index (χ0n) is 12.9. The van der Waals surface area contributed by atoms with Crippen molar-refractivity contribution >= 4 is 29.9 Å². The van der Waals surface area contributed by atoms with Crippen molar-refractivity contribution in [1.29, 1.82) is 0 Å². The molecule has 0 amide bonds. The predicted octanol–water partition coefficient (Wildman–Crippen LogP) is 2.34. The van der Waals surface area contributed by atoms with Crippen LogP contribution in [0.5, 0.6) is 0 Å². The minimum absolute atomic E-state index is 0. The Hall–Kier alpha value is -0.0400. The molecule has 3 aliphatic rings. The molecular formula is C15H28IN3O. The van der Waals surface area contributed by atoms with E-state index in [2.05, 4.69) is 29.1 Å². The van der Waals surface area contributed by atoms with Gasteiger partial charge in [0.2, 0.25) is 0 Å². The summed E-state index contributed by atoms with van der Waals surface area (Å²) in [5, 5.41) is 3.57. The Morgan fingerprint density at radius 1 is 1.40 bits per heavy atom. The number of aliphatic imine (C=N–C) groups is 1. The third kappa shape index (κ3) is 3.24. The molecule has 1 aliphatic carbocycles. The van der Waals surface area contributed by atoms with E-state index in [9.17, 15) is 0 Å². The SMILES string of the molecule is CN=C(NCC1CC1(C)C)N1CCC2(CCOC2)C1.I. The summed E-state index contributed by atoms with van der Waals surface area (Å²) in [5.74, 6) is 1.90. The number of hydrogen-bond acceptors (Lipinski definition) is 2. The Bertz CT molecular complexity index is 377. The molecule has 0 aromatic carbocycles. The fourth-order valence-electron chi connectivity index (χ4n) is 3.56. The summed E-state index contributed by atoms with van der Waals surface area (Å²) in [5.41, 5.74) is 0.952. The van der Waals surface area contributed by atoms with Gasteiger partial charge >= 0.3 is 0 Å². The molecule has 2 unspecified atom stereocenters. The van der Waals surface area contributed by atoms with Crippen LogP contribution >= 0.6 is 24.0 Å². The van der Waals surface area contributed by atoms with Gasteiger partial charge in [-0.15, -0.1) is 24.0 Å². The second-order valence-corrected chi connectivity index (χ2v) is 7.29. The number of ether oxygens (including phenoxy) is 1. The first-order valence-electron chi connectivity index (χ1n) is 7.58. The average Bonchev–Trinajstić information content (AvgIpc) is 2.79. The fourth-order valence-corrected chi connectivity index (χ4v) is 3.56. The van der Waals surface area contributed by atoms with Crippen LogP contribution < -0.4 is 5.32 Å². The molecule has 116 valence electrons. The second kappa shape index (κ2) is 5.99. The molecular weight excluding hydrogens is 365 g/mol. The third-order valence-corrected chi connectivity index (χ3v) is 5.36. The first kappa shape index (κ1) is 16.3. The number of nitrogens with zero attached hydrogens (tertiary/aromatic N) is 2. The highest BCUT2D eigenvalue weighted by Gasteiger charge is 2.46. The lowest BCUT2D eigenvalue weighted by molar-refractivity contribution is 0.156. The highest BCUT2D eigenvalue weighted by atomic mass is 127. The number of rotatable bonds is 2. The topological polar surface area (TPSA) is 36.9 Å². The molecule has 0 bridgehead atoms. The molecule has 2 saturated heterocycles. The van der Waals surface area contributed by atoms with E-state index in [1.54, 1.807) is 0 Å². The average molecular weight is 393 g/mol. The van der Waals surface area contributed by atoms with Gasteiger partial charge < -0.3 is 15.0 Å². The first-order valence-corrected chi connectivity index (χ1v) is 7.58. The second-order valence-electron chi connectivity index (χ2n) is 7.29. The van der Waals surface area contributed by atoms with Crippen LogP contribution in [0.3, 0.4) is 0 Å². The summed E-state index contributed by atoms with van der Waals surface area (Å²) in [6, 6.07) is 0. The van der Waals surface area contributed by atoms with E-state index < -0.39 is 0 Å². The normalized spacial score (nSPS) is 35.2. The van der Waals surface area contributed by atoms with Crippen LogP contribution in [0.4, 0.5) is 0 Å². The van der Waals surface area contributed by atoms with Crippen molar-refractivity contribution in [3.8, 4) is 0 Å². The molecule has 20 heavy (non-hydrogen) atoms. The summed E-state index contributed by atoms with van der Waals surface area (Å²) in [6.45, 7) is 9.88. The minimum Gasteiger partial charge on any atom is -0.381 e. The van der Waals surface area contributed by atoms with E-state index in [1.165, 1.54) is 19.3 Å². The monoisotopic (exact) mass is 393 g/mol. The van der Waals surface area contributed by atoms with Crippen molar-refractivity contribution < 1.29 is 4.74 Å². The number of nitrogens with one attached hydrogen (secondary N) is 1. The molecule has 4 nitrogen and oxygen atoms in total. The molecule has 3 fully saturated rings. The molecule has 5 heteroatoms. The van der Waals surface area contributed by atoms with Gasteiger partial charge in [-0.05, 0) is 30.6 Å². The van der Waals surface area contributed by atoms with Crippen molar-refractivity contribution in [1.82, 2.24) is 10.2 Å². The van der Waals surface area contributed by atoms with Gasteiger partial charge in [0.1, 0.15) is 0 Å². The van der Waals surface area contributed by atoms with Crippen LogP contribution in [0.1, 0.15) is 33.1 Å². The highest BCUT2D eigenvalue weighted by Crippen LogP contribution is 2.51. The smallest absolute Gasteiger partial charge is 0.193 e. The fraction of sp³-hybridized carbons (Fsp3) is 0.933. The van der Waals surface area contributed by atoms with Gasteiger partial charge in [-0.2, -0.15) is 0 Å².